The first-order valence-corrected chi connectivity index (χ1v) is 5.45. The number of rotatable bonds is 1. The van der Waals surface area contributed by atoms with E-state index in [0.29, 0.717) is 0 Å². The van der Waals surface area contributed by atoms with Gasteiger partial charge in [0.05, 0.1) is 11.0 Å². The van der Waals surface area contributed by atoms with Crippen LogP contribution in [0.1, 0.15) is 5.56 Å². The Morgan fingerprint density at radius 3 is 2.62 bits per heavy atom. The van der Waals surface area contributed by atoms with E-state index in [-0.39, 0.29) is 0 Å². The molecule has 1 radical (unpaired) electrons. The Bertz CT molecular complexity index is 656. The van der Waals surface area contributed by atoms with E-state index in [0.717, 1.165) is 17.5 Å². The van der Waals surface area contributed by atoms with E-state index < -0.39 is 0 Å². The molecule has 1 heterocycles. The molecule has 0 bridgehead atoms. The highest BCUT2D eigenvalue weighted by atomic mass is 14.7. The van der Waals surface area contributed by atoms with Gasteiger partial charge in [-0.3, -0.25) is 0 Å². The quantitative estimate of drug-likeness (QED) is 0.552. The summed E-state index contributed by atoms with van der Waals surface area (Å²) in [6, 6.07) is 16.6. The van der Waals surface area contributed by atoms with E-state index in [1.165, 1.54) is 16.3 Å². The van der Waals surface area contributed by atoms with Gasteiger partial charge in [0.1, 0.15) is 0 Å². The second-order valence-electron chi connectivity index (χ2n) is 3.91. The van der Waals surface area contributed by atoms with Gasteiger partial charge in [0, 0.05) is 10.8 Å². The zero-order valence-corrected chi connectivity index (χ0v) is 8.98. The fraction of sp³-hybridized carbons (Fsp3) is 0.0667. The number of hydrogen-bond acceptors (Lipinski definition) is 1. The molecule has 0 aliphatic carbocycles. The average molecular weight is 206 g/mol. The van der Waals surface area contributed by atoms with Crippen molar-refractivity contribution < 1.29 is 0 Å². The van der Waals surface area contributed by atoms with Gasteiger partial charge in [0.2, 0.25) is 0 Å². The van der Waals surface area contributed by atoms with Crippen LogP contribution in [-0.4, -0.2) is 4.98 Å². The van der Waals surface area contributed by atoms with Crippen molar-refractivity contribution in [2.75, 3.05) is 0 Å². The van der Waals surface area contributed by atoms with E-state index in [1.807, 2.05) is 24.3 Å². The zero-order valence-electron chi connectivity index (χ0n) is 8.98. The summed E-state index contributed by atoms with van der Waals surface area (Å²) in [5.74, 6) is 0. The third-order valence-electron chi connectivity index (χ3n) is 2.92. The Balaban J connectivity index is 2.46. The molecule has 1 heteroatoms. The van der Waals surface area contributed by atoms with E-state index in [9.17, 15) is 0 Å². The normalized spacial score (nSPS) is 11.1. The van der Waals surface area contributed by atoms with E-state index in [2.05, 4.69) is 36.2 Å². The average Bonchev–Trinajstić information content (AvgIpc) is 2.35. The molecule has 77 valence electrons. The first-order chi connectivity index (χ1) is 7.88. The van der Waals surface area contributed by atoms with Crippen molar-refractivity contribution >= 4 is 21.8 Å². The van der Waals surface area contributed by atoms with Gasteiger partial charge in [-0.1, -0.05) is 30.3 Å². The van der Waals surface area contributed by atoms with Crippen LogP contribution in [0.2, 0.25) is 0 Å². The molecule has 1 nitrogen and oxygen atoms in total. The highest BCUT2D eigenvalue weighted by Gasteiger charge is 2.02. The first-order valence-electron chi connectivity index (χ1n) is 5.45. The Hall–Kier alpha value is -1.89. The van der Waals surface area contributed by atoms with Gasteiger partial charge < -0.3 is 0 Å². The maximum atomic E-state index is 4.66. The van der Waals surface area contributed by atoms with Crippen LogP contribution >= 0.6 is 0 Å². The molecule has 0 N–H and O–H groups in total. The van der Waals surface area contributed by atoms with Gasteiger partial charge >= 0.3 is 0 Å². The summed E-state index contributed by atoms with van der Waals surface area (Å²) < 4.78 is 0. The minimum atomic E-state index is 0.803. The summed E-state index contributed by atoms with van der Waals surface area (Å²) >= 11 is 0. The first kappa shape index (κ1) is 9.34. The molecular formula is C15H12N. The molecule has 0 spiro atoms. The van der Waals surface area contributed by atoms with Gasteiger partial charge in [0.25, 0.3) is 0 Å². The highest BCUT2D eigenvalue weighted by Crippen LogP contribution is 2.22. The fourth-order valence-electron chi connectivity index (χ4n) is 2.08. The lowest BCUT2D eigenvalue weighted by molar-refractivity contribution is 1.30. The lowest BCUT2D eigenvalue weighted by Gasteiger charge is -2.05. The molecule has 0 saturated carbocycles. The van der Waals surface area contributed by atoms with Crippen LogP contribution in [0.15, 0.2) is 48.5 Å². The van der Waals surface area contributed by atoms with Gasteiger partial charge in [-0.25, -0.2) is 4.98 Å². The van der Waals surface area contributed by atoms with Crippen LogP contribution in [0.25, 0.3) is 21.8 Å². The molecule has 0 aliphatic heterocycles. The lowest BCUT2D eigenvalue weighted by atomic mass is 10.0. The number of pyridine rings is 1. The molecule has 0 atom stereocenters. The molecule has 0 amide bonds. The van der Waals surface area contributed by atoms with E-state index in [1.54, 1.807) is 0 Å². The van der Waals surface area contributed by atoms with Crippen LogP contribution < -0.4 is 0 Å². The maximum Gasteiger partial charge on any atom is 0.0712 e. The number of nitrogens with zero attached hydrogens (tertiary/aromatic N) is 1. The van der Waals surface area contributed by atoms with Gasteiger partial charge in [-0.2, -0.15) is 0 Å². The Morgan fingerprint density at radius 1 is 0.938 bits per heavy atom. The summed E-state index contributed by atoms with van der Waals surface area (Å²) in [5.41, 5.74) is 3.37. The molecule has 0 aliphatic rings. The second kappa shape index (κ2) is 3.60. The van der Waals surface area contributed by atoms with Crippen molar-refractivity contribution in [2.45, 2.75) is 6.42 Å². The minimum Gasteiger partial charge on any atom is -0.248 e. The predicted molar refractivity (Wildman–Crippen MR) is 68.3 cm³/mol. The van der Waals surface area contributed by atoms with Crippen LogP contribution in [-0.2, 0) is 6.42 Å². The van der Waals surface area contributed by atoms with Gasteiger partial charge in [0.15, 0.2) is 0 Å². The third kappa shape index (κ3) is 1.36. The number of hydrogen-bond donors (Lipinski definition) is 0. The summed E-state index contributed by atoms with van der Waals surface area (Å²) in [5, 5.41) is 2.41. The van der Waals surface area contributed by atoms with Crippen LogP contribution in [0, 0.1) is 6.92 Å². The summed E-state index contributed by atoms with van der Waals surface area (Å²) in [6.45, 7) is 3.96. The van der Waals surface area contributed by atoms with E-state index in [4.69, 9.17) is 0 Å². The molecule has 16 heavy (non-hydrogen) atoms. The largest absolute Gasteiger partial charge is 0.248 e. The Labute approximate surface area is 94.7 Å². The maximum absolute atomic E-state index is 4.66. The minimum absolute atomic E-state index is 0.803. The topological polar surface area (TPSA) is 12.9 Å². The Morgan fingerprint density at radius 2 is 1.75 bits per heavy atom. The fourth-order valence-corrected chi connectivity index (χ4v) is 2.08. The number of para-hydroxylation sites is 1. The van der Waals surface area contributed by atoms with Crippen molar-refractivity contribution in [3.8, 4) is 0 Å². The highest BCUT2D eigenvalue weighted by molar-refractivity contribution is 5.94. The summed E-state index contributed by atoms with van der Waals surface area (Å²) in [4.78, 5) is 4.66. The van der Waals surface area contributed by atoms with Gasteiger partial charge in [-0.15, -0.1) is 0 Å². The van der Waals surface area contributed by atoms with Crippen LogP contribution in [0.3, 0.4) is 0 Å². The molecule has 1 aromatic heterocycles. The monoisotopic (exact) mass is 206 g/mol. The van der Waals surface area contributed by atoms with Crippen molar-refractivity contribution in [3.63, 3.8) is 0 Å². The Kier molecular flexibility index (Phi) is 2.10. The summed E-state index contributed by atoms with van der Waals surface area (Å²) in [7, 11) is 0. The van der Waals surface area contributed by atoms with Gasteiger partial charge in [-0.05, 0) is 37.1 Å². The molecule has 0 saturated heterocycles. The van der Waals surface area contributed by atoms with Crippen molar-refractivity contribution in [2.24, 2.45) is 0 Å². The molecule has 0 fully saturated rings. The van der Waals surface area contributed by atoms with Crippen LogP contribution in [0.5, 0.6) is 0 Å². The summed E-state index contributed by atoms with van der Waals surface area (Å²) in [6.07, 6.45) is 0.803. The predicted octanol–water partition coefficient (Wildman–Crippen LogP) is 3.76. The van der Waals surface area contributed by atoms with E-state index >= 15 is 0 Å². The zero-order chi connectivity index (χ0) is 11.0. The van der Waals surface area contributed by atoms with Crippen molar-refractivity contribution in [3.05, 3.63) is 61.0 Å². The third-order valence-corrected chi connectivity index (χ3v) is 2.92. The molecule has 3 aromatic rings. The molecule has 0 unspecified atom stereocenters. The molecule has 3 rings (SSSR count). The van der Waals surface area contributed by atoms with Crippen molar-refractivity contribution in [1.82, 2.24) is 4.98 Å². The van der Waals surface area contributed by atoms with Crippen LogP contribution in [0.4, 0.5) is 0 Å². The van der Waals surface area contributed by atoms with Crippen molar-refractivity contribution in [1.29, 1.82) is 0 Å². The number of benzene rings is 2. The standard InChI is InChI=1S/C15H12N/c1-2-11-7-5-9-15-13(11)10-12-6-3-4-8-14(12)16-15/h3-10H,1-2H2. The number of fused-ring (bicyclic) bond motifs is 2. The second-order valence-corrected chi connectivity index (χ2v) is 3.91. The smallest absolute Gasteiger partial charge is 0.0712 e. The SMILES string of the molecule is [CH2]Cc1cccc2nc3ccccc3cc12. The lowest BCUT2D eigenvalue weighted by Crippen LogP contribution is -1.87. The molecular weight excluding hydrogens is 194 g/mol. The molecule has 2 aromatic carbocycles. The number of aromatic nitrogens is 1.